The summed E-state index contributed by atoms with van der Waals surface area (Å²) in [5.41, 5.74) is 0. The molecule has 0 bridgehead atoms. The summed E-state index contributed by atoms with van der Waals surface area (Å²) in [6, 6.07) is 1.42. The van der Waals surface area contributed by atoms with E-state index in [2.05, 4.69) is 4.72 Å². The highest BCUT2D eigenvalue weighted by atomic mass is 35.5. The first-order valence-electron chi connectivity index (χ1n) is 7.26. The number of benzene rings is 1. The Morgan fingerprint density at radius 1 is 1.38 bits per heavy atom. The minimum Gasteiger partial charge on any atom is -0.480 e. The minimum absolute atomic E-state index is 0.00189. The molecule has 10 heteroatoms. The number of carboxylic acid groups (broad SMARTS) is 1. The smallest absolute Gasteiger partial charge is 0.317 e. The summed E-state index contributed by atoms with van der Waals surface area (Å²) in [4.78, 5) is 12.2. The van der Waals surface area contributed by atoms with Gasteiger partial charge < -0.3 is 5.11 Å². The monoisotopic (exact) mass is 398 g/mol. The predicted octanol–water partition coefficient (Wildman–Crippen LogP) is 2.35. The predicted molar refractivity (Wildman–Crippen MR) is 88.4 cm³/mol. The van der Waals surface area contributed by atoms with Gasteiger partial charge in [-0.15, -0.1) is 0 Å². The lowest BCUT2D eigenvalue weighted by atomic mass is 9.86. The van der Waals surface area contributed by atoms with Gasteiger partial charge in [-0.1, -0.05) is 30.1 Å². The molecule has 0 aliphatic heterocycles. The van der Waals surface area contributed by atoms with Crippen molar-refractivity contribution in [2.45, 2.75) is 36.7 Å². The van der Waals surface area contributed by atoms with E-state index in [1.165, 1.54) is 0 Å². The van der Waals surface area contributed by atoms with Crippen LogP contribution in [0.2, 0.25) is 10.0 Å². The van der Waals surface area contributed by atoms with Crippen molar-refractivity contribution in [3.63, 3.8) is 0 Å². The molecule has 6 nitrogen and oxygen atoms in total. The lowest BCUT2D eigenvalue weighted by Gasteiger charge is -2.42. The molecule has 0 spiro atoms. The van der Waals surface area contributed by atoms with Crippen LogP contribution in [0.4, 0.5) is 4.39 Å². The molecule has 0 radical (unpaired) electrons. The normalized spacial score (nSPS) is 20.9. The van der Waals surface area contributed by atoms with Gasteiger partial charge in [-0.2, -0.15) is 0 Å². The van der Waals surface area contributed by atoms with Crippen LogP contribution >= 0.6 is 23.2 Å². The summed E-state index contributed by atoms with van der Waals surface area (Å²) in [7, 11) is -3.99. The second-order valence-electron chi connectivity index (χ2n) is 5.60. The summed E-state index contributed by atoms with van der Waals surface area (Å²) in [5, 5.41) is 8.28. The SMILES string of the molecule is CCN(CC(=O)O)C1CC(NS(=O)(=O)c2c(Cl)cc(F)cc2Cl)C1. The summed E-state index contributed by atoms with van der Waals surface area (Å²) >= 11 is 11.6. The average Bonchev–Trinajstić information content (AvgIpc) is 2.38. The van der Waals surface area contributed by atoms with E-state index in [0.29, 0.717) is 19.4 Å². The molecular formula is C14H17Cl2FN2O4S. The van der Waals surface area contributed by atoms with Gasteiger partial charge in [-0.05, 0) is 31.5 Å². The standard InChI is InChI=1S/C14H17Cl2FN2O4S/c1-2-19(7-13(20)21)10-5-9(6-10)18-24(22,23)14-11(15)3-8(17)4-12(14)16/h3-4,9-10,18H,2,5-7H2,1H3,(H,20,21). The molecule has 2 N–H and O–H groups in total. The van der Waals surface area contributed by atoms with Gasteiger partial charge in [0.05, 0.1) is 16.6 Å². The van der Waals surface area contributed by atoms with Gasteiger partial charge in [0.15, 0.2) is 0 Å². The molecule has 1 fully saturated rings. The molecule has 134 valence electrons. The van der Waals surface area contributed by atoms with Crippen molar-refractivity contribution in [1.82, 2.24) is 9.62 Å². The topological polar surface area (TPSA) is 86.7 Å². The maximum absolute atomic E-state index is 13.2. The first-order valence-corrected chi connectivity index (χ1v) is 9.50. The Kier molecular flexibility index (Phi) is 6.09. The highest BCUT2D eigenvalue weighted by Crippen LogP contribution is 2.32. The number of likely N-dealkylation sites (N-methyl/N-ethyl adjacent to an activating group) is 1. The Labute approximate surface area is 149 Å². The Hall–Kier alpha value is -0.930. The molecular weight excluding hydrogens is 382 g/mol. The molecule has 0 unspecified atom stereocenters. The van der Waals surface area contributed by atoms with Crippen LogP contribution in [-0.4, -0.2) is 49.6 Å². The molecule has 1 aliphatic rings. The zero-order valence-corrected chi connectivity index (χ0v) is 15.1. The molecule has 24 heavy (non-hydrogen) atoms. The van der Waals surface area contributed by atoms with Gasteiger partial charge >= 0.3 is 5.97 Å². The fraction of sp³-hybridized carbons (Fsp3) is 0.500. The van der Waals surface area contributed by atoms with Crippen molar-refractivity contribution in [2.24, 2.45) is 0 Å². The summed E-state index contributed by atoms with van der Waals surface area (Å²) in [5.74, 6) is -1.65. The highest BCUT2D eigenvalue weighted by molar-refractivity contribution is 7.89. The number of carboxylic acids is 1. The molecule has 1 aromatic rings. The summed E-state index contributed by atoms with van der Waals surface area (Å²) in [6.45, 7) is 2.32. The zero-order valence-electron chi connectivity index (χ0n) is 12.8. The van der Waals surface area contributed by atoms with Crippen molar-refractivity contribution in [3.8, 4) is 0 Å². The van der Waals surface area contributed by atoms with E-state index in [4.69, 9.17) is 28.3 Å². The lowest BCUT2D eigenvalue weighted by Crippen LogP contribution is -2.54. The first-order chi connectivity index (χ1) is 11.1. The fourth-order valence-electron chi connectivity index (χ4n) is 2.72. The van der Waals surface area contributed by atoms with E-state index in [-0.39, 0.29) is 33.6 Å². The third kappa shape index (κ3) is 4.37. The second kappa shape index (κ2) is 7.53. The number of halogens is 3. The van der Waals surface area contributed by atoms with Gasteiger partial charge in [-0.25, -0.2) is 17.5 Å². The lowest BCUT2D eigenvalue weighted by molar-refractivity contribution is -0.139. The first kappa shape index (κ1) is 19.4. The Bertz CT molecular complexity index is 715. The van der Waals surface area contributed by atoms with Crippen LogP contribution < -0.4 is 4.72 Å². The molecule has 0 atom stereocenters. The maximum atomic E-state index is 13.2. The number of hydrogen-bond acceptors (Lipinski definition) is 4. The van der Waals surface area contributed by atoms with Crippen LogP contribution in [0, 0.1) is 5.82 Å². The Balaban J connectivity index is 2.04. The zero-order chi connectivity index (χ0) is 18.1. The Morgan fingerprint density at radius 3 is 2.38 bits per heavy atom. The van der Waals surface area contributed by atoms with E-state index < -0.39 is 21.8 Å². The van der Waals surface area contributed by atoms with Gasteiger partial charge in [-0.3, -0.25) is 9.69 Å². The number of rotatable bonds is 7. The third-order valence-corrected chi connectivity index (χ3v) is 6.37. The van der Waals surface area contributed by atoms with E-state index in [9.17, 15) is 17.6 Å². The highest BCUT2D eigenvalue weighted by Gasteiger charge is 2.37. The number of aliphatic carboxylic acids is 1. The quantitative estimate of drug-likeness (QED) is 0.735. The molecule has 0 aromatic heterocycles. The Morgan fingerprint density at radius 2 is 1.92 bits per heavy atom. The van der Waals surface area contributed by atoms with E-state index >= 15 is 0 Å². The van der Waals surface area contributed by atoms with Gasteiger partial charge in [0.1, 0.15) is 10.7 Å². The van der Waals surface area contributed by atoms with Crippen molar-refractivity contribution in [2.75, 3.05) is 13.1 Å². The number of nitrogens with one attached hydrogen (secondary N) is 1. The molecule has 1 saturated carbocycles. The number of hydrogen-bond donors (Lipinski definition) is 2. The van der Waals surface area contributed by atoms with E-state index in [1.54, 1.807) is 4.90 Å². The van der Waals surface area contributed by atoms with E-state index in [0.717, 1.165) is 12.1 Å². The van der Waals surface area contributed by atoms with Crippen LogP contribution in [-0.2, 0) is 14.8 Å². The molecule has 1 aliphatic carbocycles. The molecule has 1 aromatic carbocycles. The van der Waals surface area contributed by atoms with Crippen LogP contribution in [0.25, 0.3) is 0 Å². The van der Waals surface area contributed by atoms with Crippen LogP contribution in [0.1, 0.15) is 19.8 Å². The maximum Gasteiger partial charge on any atom is 0.317 e. The number of nitrogens with zero attached hydrogens (tertiary/aromatic N) is 1. The average molecular weight is 399 g/mol. The van der Waals surface area contributed by atoms with Gasteiger partial charge in [0, 0.05) is 12.1 Å². The van der Waals surface area contributed by atoms with Crippen molar-refractivity contribution in [1.29, 1.82) is 0 Å². The third-order valence-electron chi connectivity index (χ3n) is 3.93. The largest absolute Gasteiger partial charge is 0.480 e. The number of carbonyl (C=O) groups is 1. The van der Waals surface area contributed by atoms with Crippen LogP contribution in [0.3, 0.4) is 0 Å². The van der Waals surface area contributed by atoms with Crippen LogP contribution in [0.15, 0.2) is 17.0 Å². The molecule has 2 rings (SSSR count). The van der Waals surface area contributed by atoms with Gasteiger partial charge in [0.2, 0.25) is 10.0 Å². The summed E-state index contributed by atoms with van der Waals surface area (Å²) < 4.78 is 40.5. The van der Waals surface area contributed by atoms with Crippen LogP contribution in [0.5, 0.6) is 0 Å². The fourth-order valence-corrected chi connectivity index (χ4v) is 5.17. The molecule has 0 saturated heterocycles. The van der Waals surface area contributed by atoms with Crippen molar-refractivity contribution >= 4 is 39.2 Å². The van der Waals surface area contributed by atoms with E-state index in [1.807, 2.05) is 6.92 Å². The summed E-state index contributed by atoms with van der Waals surface area (Å²) in [6.07, 6.45) is 0.966. The second-order valence-corrected chi connectivity index (χ2v) is 8.06. The van der Waals surface area contributed by atoms with Crippen molar-refractivity contribution in [3.05, 3.63) is 28.0 Å². The number of sulfonamides is 1. The molecule has 0 heterocycles. The molecule has 0 amide bonds. The van der Waals surface area contributed by atoms with Crippen molar-refractivity contribution < 1.29 is 22.7 Å². The van der Waals surface area contributed by atoms with Gasteiger partial charge in [0.25, 0.3) is 0 Å². The minimum atomic E-state index is -3.99.